The maximum atomic E-state index is 12.1. The minimum absolute atomic E-state index is 0.0233. The zero-order valence-electron chi connectivity index (χ0n) is 11.4. The maximum absolute atomic E-state index is 12.1. The van der Waals surface area contributed by atoms with Crippen molar-refractivity contribution in [3.63, 3.8) is 0 Å². The summed E-state index contributed by atoms with van der Waals surface area (Å²) < 4.78 is 0. The molecular weight excluding hydrogens is 250 g/mol. The Hall–Kier alpha value is -1.63. The van der Waals surface area contributed by atoms with E-state index in [1.54, 1.807) is 0 Å². The number of carbonyl (C=O) groups excluding carboxylic acids is 2. The molecule has 0 aliphatic rings. The van der Waals surface area contributed by atoms with Gasteiger partial charge in [-0.2, -0.15) is 0 Å². The van der Waals surface area contributed by atoms with E-state index in [0.29, 0.717) is 12.8 Å². The van der Waals surface area contributed by atoms with Gasteiger partial charge in [0.2, 0.25) is 11.8 Å². The molecule has 0 spiro atoms. The Morgan fingerprint density at radius 1 is 1.26 bits per heavy atom. The van der Waals surface area contributed by atoms with Crippen LogP contribution in [0, 0.1) is 5.41 Å². The summed E-state index contributed by atoms with van der Waals surface area (Å²) in [7, 11) is 0. The summed E-state index contributed by atoms with van der Waals surface area (Å²) in [5, 5.41) is 11.5. The van der Waals surface area contributed by atoms with Gasteiger partial charge in [-0.3, -0.25) is 9.59 Å². The molecule has 0 aliphatic carbocycles. The number of hydrogen-bond donors (Lipinski definition) is 4. The first-order valence-electron chi connectivity index (χ1n) is 6.35. The molecule has 7 nitrogen and oxygen atoms in total. The molecule has 0 unspecified atom stereocenters. The number of carbonyl (C=O) groups is 3. The van der Waals surface area contributed by atoms with Gasteiger partial charge in [0.15, 0.2) is 0 Å². The largest absolute Gasteiger partial charge is 0.480 e. The van der Waals surface area contributed by atoms with Gasteiger partial charge in [-0.25, -0.2) is 4.79 Å². The Morgan fingerprint density at radius 3 is 2.11 bits per heavy atom. The summed E-state index contributed by atoms with van der Waals surface area (Å²) in [5.41, 5.74) is 9.83. The molecule has 0 fully saturated rings. The summed E-state index contributed by atoms with van der Waals surface area (Å²) >= 11 is 0. The quantitative estimate of drug-likeness (QED) is 0.452. The molecule has 0 heterocycles. The Balaban J connectivity index is 4.79. The molecule has 0 rings (SSSR count). The van der Waals surface area contributed by atoms with Gasteiger partial charge < -0.3 is 21.9 Å². The van der Waals surface area contributed by atoms with Crippen molar-refractivity contribution in [2.75, 3.05) is 6.54 Å². The lowest BCUT2D eigenvalue weighted by molar-refractivity contribution is -0.144. The molecule has 2 amide bonds. The predicted molar refractivity (Wildman–Crippen MR) is 70.1 cm³/mol. The lowest BCUT2D eigenvalue weighted by Crippen LogP contribution is -2.51. The predicted octanol–water partition coefficient (Wildman–Crippen LogP) is -0.414. The smallest absolute Gasteiger partial charge is 0.326 e. The van der Waals surface area contributed by atoms with Crippen LogP contribution in [0.3, 0.4) is 0 Å². The van der Waals surface area contributed by atoms with Crippen molar-refractivity contribution < 1.29 is 19.5 Å². The van der Waals surface area contributed by atoms with Gasteiger partial charge >= 0.3 is 5.97 Å². The summed E-state index contributed by atoms with van der Waals surface area (Å²) in [6, 6.07) is -1.12. The Kier molecular flexibility index (Phi) is 7.06. The third-order valence-electron chi connectivity index (χ3n) is 3.51. The first-order chi connectivity index (χ1) is 8.82. The van der Waals surface area contributed by atoms with E-state index < -0.39 is 29.2 Å². The van der Waals surface area contributed by atoms with E-state index in [1.165, 1.54) is 0 Å². The number of carboxylic acids is 1. The molecule has 0 bridgehead atoms. The first-order valence-corrected chi connectivity index (χ1v) is 6.35. The first kappa shape index (κ1) is 17.4. The van der Waals surface area contributed by atoms with E-state index in [0.717, 1.165) is 0 Å². The molecule has 7 heteroatoms. The standard InChI is InChI=1S/C12H23N3O4/c1-3-12(4-2,7-13)11(19)15-8(10(17)18)5-6-9(14)16/h8H,3-7,13H2,1-2H3,(H2,14,16)(H,15,19)(H,17,18)/t8-/m1/s1. The van der Waals surface area contributed by atoms with Crippen molar-refractivity contribution >= 4 is 17.8 Å². The summed E-state index contributed by atoms with van der Waals surface area (Å²) in [6.07, 6.45) is 0.928. The Bertz CT molecular complexity index is 332. The minimum Gasteiger partial charge on any atom is -0.480 e. The van der Waals surface area contributed by atoms with Crippen LogP contribution in [0.5, 0.6) is 0 Å². The Labute approximate surface area is 112 Å². The zero-order valence-corrected chi connectivity index (χ0v) is 11.4. The van der Waals surface area contributed by atoms with Crippen molar-refractivity contribution in [3.8, 4) is 0 Å². The Morgan fingerprint density at radius 2 is 1.79 bits per heavy atom. The van der Waals surface area contributed by atoms with Crippen molar-refractivity contribution in [1.82, 2.24) is 5.32 Å². The van der Waals surface area contributed by atoms with Crippen molar-refractivity contribution in [3.05, 3.63) is 0 Å². The molecule has 110 valence electrons. The zero-order chi connectivity index (χ0) is 15.1. The molecule has 0 saturated carbocycles. The molecule has 0 saturated heterocycles. The lowest BCUT2D eigenvalue weighted by Gasteiger charge is -2.30. The van der Waals surface area contributed by atoms with E-state index in [1.807, 2.05) is 13.8 Å². The second kappa shape index (κ2) is 7.73. The van der Waals surface area contributed by atoms with E-state index in [2.05, 4.69) is 5.32 Å². The molecule has 19 heavy (non-hydrogen) atoms. The van der Waals surface area contributed by atoms with Gasteiger partial charge in [-0.15, -0.1) is 0 Å². The fourth-order valence-electron chi connectivity index (χ4n) is 1.81. The normalized spacial score (nSPS) is 12.8. The minimum atomic E-state index is -1.19. The number of nitrogens with one attached hydrogen (secondary N) is 1. The second-order valence-electron chi connectivity index (χ2n) is 4.56. The van der Waals surface area contributed by atoms with Crippen LogP contribution in [0.2, 0.25) is 0 Å². The van der Waals surface area contributed by atoms with Gasteiger partial charge in [0, 0.05) is 13.0 Å². The molecule has 0 aromatic heterocycles. The van der Waals surface area contributed by atoms with E-state index in [4.69, 9.17) is 16.6 Å². The fourth-order valence-corrected chi connectivity index (χ4v) is 1.81. The molecule has 0 radical (unpaired) electrons. The highest BCUT2D eigenvalue weighted by molar-refractivity contribution is 5.88. The maximum Gasteiger partial charge on any atom is 0.326 e. The number of carboxylic acid groups (broad SMARTS) is 1. The lowest BCUT2D eigenvalue weighted by atomic mass is 9.81. The van der Waals surface area contributed by atoms with E-state index in [9.17, 15) is 14.4 Å². The number of hydrogen-bond acceptors (Lipinski definition) is 4. The van der Waals surface area contributed by atoms with Crippen LogP contribution in [-0.4, -0.2) is 35.5 Å². The van der Waals surface area contributed by atoms with Crippen LogP contribution < -0.4 is 16.8 Å². The number of nitrogens with two attached hydrogens (primary N) is 2. The van der Waals surface area contributed by atoms with Crippen molar-refractivity contribution in [2.24, 2.45) is 16.9 Å². The van der Waals surface area contributed by atoms with Crippen molar-refractivity contribution in [1.29, 1.82) is 0 Å². The van der Waals surface area contributed by atoms with Crippen LogP contribution in [0.4, 0.5) is 0 Å². The fraction of sp³-hybridized carbons (Fsp3) is 0.750. The number of rotatable bonds is 9. The third-order valence-corrected chi connectivity index (χ3v) is 3.51. The molecular formula is C12H23N3O4. The van der Waals surface area contributed by atoms with Crippen LogP contribution in [0.15, 0.2) is 0 Å². The number of amides is 2. The van der Waals surface area contributed by atoms with E-state index in [-0.39, 0.29) is 19.4 Å². The number of aliphatic carboxylic acids is 1. The van der Waals surface area contributed by atoms with Gasteiger partial charge in [0.25, 0.3) is 0 Å². The summed E-state index contributed by atoms with van der Waals surface area (Å²) in [4.78, 5) is 33.9. The highest BCUT2D eigenvalue weighted by Gasteiger charge is 2.35. The van der Waals surface area contributed by atoms with Crippen LogP contribution in [0.1, 0.15) is 39.5 Å². The third kappa shape index (κ3) is 4.86. The highest BCUT2D eigenvalue weighted by atomic mass is 16.4. The molecule has 0 aliphatic heterocycles. The SMILES string of the molecule is CCC(CC)(CN)C(=O)N[C@H](CCC(N)=O)C(=O)O. The van der Waals surface area contributed by atoms with Gasteiger partial charge in [0.05, 0.1) is 5.41 Å². The van der Waals surface area contributed by atoms with Crippen molar-refractivity contribution in [2.45, 2.75) is 45.6 Å². The topological polar surface area (TPSA) is 136 Å². The second-order valence-corrected chi connectivity index (χ2v) is 4.56. The molecule has 1 atom stereocenters. The molecule has 0 aromatic carbocycles. The van der Waals surface area contributed by atoms with Gasteiger partial charge in [-0.05, 0) is 19.3 Å². The van der Waals surface area contributed by atoms with E-state index >= 15 is 0 Å². The van der Waals surface area contributed by atoms with Crippen LogP contribution in [0.25, 0.3) is 0 Å². The molecule has 6 N–H and O–H groups in total. The monoisotopic (exact) mass is 273 g/mol. The summed E-state index contributed by atoms with van der Waals surface area (Å²) in [5.74, 6) is -2.18. The molecule has 0 aromatic rings. The van der Waals surface area contributed by atoms with Crippen LogP contribution >= 0.6 is 0 Å². The summed E-state index contributed by atoms with van der Waals surface area (Å²) in [6.45, 7) is 3.80. The van der Waals surface area contributed by atoms with Gasteiger partial charge in [-0.1, -0.05) is 13.8 Å². The average molecular weight is 273 g/mol. The highest BCUT2D eigenvalue weighted by Crippen LogP contribution is 2.25. The average Bonchev–Trinajstić information content (AvgIpc) is 2.36. The van der Waals surface area contributed by atoms with Gasteiger partial charge in [0.1, 0.15) is 6.04 Å². The number of primary amides is 1. The van der Waals surface area contributed by atoms with Crippen LogP contribution in [-0.2, 0) is 14.4 Å².